The SMILES string of the molecule is Cc1nc(N)c2c([C@@H](C)c3cccc(C(F)F)c3F)c([C@@H]3CCCNC3)ncc2n1. The number of aromatic nitrogens is 3. The molecule has 3 aromatic rings. The lowest BCUT2D eigenvalue weighted by molar-refractivity contribution is 0.146. The van der Waals surface area contributed by atoms with E-state index in [1.165, 1.54) is 6.07 Å². The summed E-state index contributed by atoms with van der Waals surface area (Å²) in [7, 11) is 0. The van der Waals surface area contributed by atoms with Crippen LogP contribution in [-0.4, -0.2) is 28.0 Å². The molecule has 5 nitrogen and oxygen atoms in total. The molecule has 0 bridgehead atoms. The van der Waals surface area contributed by atoms with Gasteiger partial charge in [-0.15, -0.1) is 0 Å². The predicted molar refractivity (Wildman–Crippen MR) is 110 cm³/mol. The Labute approximate surface area is 172 Å². The molecule has 0 spiro atoms. The van der Waals surface area contributed by atoms with Crippen molar-refractivity contribution in [2.24, 2.45) is 0 Å². The standard InChI is InChI=1S/C22H24F3N5/c1-11(14-6-3-7-15(19(14)23)21(24)25)17-18-16(29-12(2)30-22(18)26)10-28-20(17)13-5-4-8-27-9-13/h3,6-7,10-11,13,21,27H,4-5,8-9H2,1-2H3,(H2,26,29,30)/t11-,13+/m0/s1. The Morgan fingerprint density at radius 2 is 1.97 bits per heavy atom. The van der Waals surface area contributed by atoms with Crippen LogP contribution in [-0.2, 0) is 0 Å². The van der Waals surface area contributed by atoms with Crippen LogP contribution in [0.15, 0.2) is 24.4 Å². The highest BCUT2D eigenvalue weighted by Crippen LogP contribution is 2.40. The number of nitrogens with one attached hydrogen (secondary N) is 1. The van der Waals surface area contributed by atoms with Crippen LogP contribution < -0.4 is 11.1 Å². The fourth-order valence-electron chi connectivity index (χ4n) is 4.39. The van der Waals surface area contributed by atoms with Crippen molar-refractivity contribution in [1.82, 2.24) is 20.3 Å². The summed E-state index contributed by atoms with van der Waals surface area (Å²) >= 11 is 0. The van der Waals surface area contributed by atoms with Crippen LogP contribution in [0.2, 0.25) is 0 Å². The Bertz CT molecular complexity index is 1080. The number of pyridine rings is 1. The highest BCUT2D eigenvalue weighted by atomic mass is 19.3. The molecule has 3 N–H and O–H groups in total. The third kappa shape index (κ3) is 3.60. The van der Waals surface area contributed by atoms with E-state index in [2.05, 4.69) is 15.3 Å². The number of alkyl halides is 2. The monoisotopic (exact) mass is 415 g/mol. The number of halogens is 3. The number of aryl methyl sites for hydroxylation is 1. The number of nitrogens with two attached hydrogens (primary N) is 1. The van der Waals surface area contributed by atoms with Crippen molar-refractivity contribution in [2.75, 3.05) is 18.8 Å². The van der Waals surface area contributed by atoms with Crippen LogP contribution >= 0.6 is 0 Å². The van der Waals surface area contributed by atoms with E-state index in [0.717, 1.165) is 37.7 Å². The van der Waals surface area contributed by atoms with Gasteiger partial charge in [-0.3, -0.25) is 4.98 Å². The lowest BCUT2D eigenvalue weighted by Crippen LogP contribution is -2.30. The number of hydrogen-bond acceptors (Lipinski definition) is 5. The zero-order valence-electron chi connectivity index (χ0n) is 16.9. The molecule has 8 heteroatoms. The van der Waals surface area contributed by atoms with Gasteiger partial charge in [0.2, 0.25) is 0 Å². The lowest BCUT2D eigenvalue weighted by Gasteiger charge is -2.27. The molecule has 1 aliphatic heterocycles. The first kappa shape index (κ1) is 20.5. The highest BCUT2D eigenvalue weighted by molar-refractivity contribution is 5.92. The van der Waals surface area contributed by atoms with Gasteiger partial charge in [0, 0.05) is 29.5 Å². The molecule has 158 valence electrons. The molecule has 0 aliphatic carbocycles. The minimum absolute atomic E-state index is 0.114. The zero-order chi connectivity index (χ0) is 21.4. The Morgan fingerprint density at radius 3 is 2.67 bits per heavy atom. The van der Waals surface area contributed by atoms with Crippen LogP contribution in [0.25, 0.3) is 10.9 Å². The van der Waals surface area contributed by atoms with Gasteiger partial charge in [-0.25, -0.2) is 23.1 Å². The van der Waals surface area contributed by atoms with Gasteiger partial charge in [0.25, 0.3) is 6.43 Å². The van der Waals surface area contributed by atoms with Crippen molar-refractivity contribution in [3.8, 4) is 0 Å². The molecule has 0 saturated carbocycles. The lowest BCUT2D eigenvalue weighted by atomic mass is 9.83. The molecular weight excluding hydrogens is 391 g/mol. The normalized spacial score (nSPS) is 18.1. The van der Waals surface area contributed by atoms with Crippen LogP contribution in [0, 0.1) is 12.7 Å². The van der Waals surface area contributed by atoms with E-state index in [4.69, 9.17) is 10.7 Å². The Kier molecular flexibility index (Phi) is 5.60. The van der Waals surface area contributed by atoms with E-state index in [0.29, 0.717) is 22.3 Å². The average Bonchev–Trinajstić information content (AvgIpc) is 2.73. The minimum Gasteiger partial charge on any atom is -0.383 e. The van der Waals surface area contributed by atoms with E-state index in [1.807, 2.05) is 0 Å². The van der Waals surface area contributed by atoms with Gasteiger partial charge in [0.05, 0.1) is 17.3 Å². The quantitative estimate of drug-likeness (QED) is 0.651. The van der Waals surface area contributed by atoms with Gasteiger partial charge in [-0.2, -0.15) is 0 Å². The van der Waals surface area contributed by atoms with Crippen molar-refractivity contribution in [3.05, 3.63) is 58.4 Å². The van der Waals surface area contributed by atoms with Gasteiger partial charge >= 0.3 is 0 Å². The van der Waals surface area contributed by atoms with Crippen molar-refractivity contribution < 1.29 is 13.2 Å². The van der Waals surface area contributed by atoms with E-state index in [9.17, 15) is 8.78 Å². The molecule has 0 amide bonds. The molecule has 1 aromatic carbocycles. The van der Waals surface area contributed by atoms with E-state index >= 15 is 4.39 Å². The highest BCUT2D eigenvalue weighted by Gasteiger charge is 2.29. The molecule has 2 aromatic heterocycles. The van der Waals surface area contributed by atoms with Crippen molar-refractivity contribution in [1.29, 1.82) is 0 Å². The molecule has 1 saturated heterocycles. The summed E-state index contributed by atoms with van der Waals surface area (Å²) < 4.78 is 41.6. The maximum Gasteiger partial charge on any atom is 0.266 e. The summed E-state index contributed by atoms with van der Waals surface area (Å²) in [5.41, 5.74) is 7.94. The number of hydrogen-bond donors (Lipinski definition) is 2. The molecule has 30 heavy (non-hydrogen) atoms. The van der Waals surface area contributed by atoms with E-state index in [-0.39, 0.29) is 17.3 Å². The van der Waals surface area contributed by atoms with Crippen molar-refractivity contribution in [3.63, 3.8) is 0 Å². The third-order valence-corrected chi connectivity index (χ3v) is 5.82. The second-order valence-corrected chi connectivity index (χ2v) is 7.79. The Hall–Kier alpha value is -2.74. The van der Waals surface area contributed by atoms with E-state index in [1.54, 1.807) is 26.1 Å². The minimum atomic E-state index is -2.89. The number of piperidine rings is 1. The first-order chi connectivity index (χ1) is 14.4. The fraction of sp³-hybridized carbons (Fsp3) is 0.409. The summed E-state index contributed by atoms with van der Waals surface area (Å²) in [6.07, 6.45) is 0.706. The molecular formula is C22H24F3N5. The second kappa shape index (κ2) is 8.18. The number of nitrogens with zero attached hydrogens (tertiary/aromatic N) is 3. The Morgan fingerprint density at radius 1 is 1.20 bits per heavy atom. The maximum atomic E-state index is 15.0. The summed E-state index contributed by atoms with van der Waals surface area (Å²) in [5, 5.41) is 3.99. The van der Waals surface area contributed by atoms with Crippen LogP contribution in [0.3, 0.4) is 0 Å². The first-order valence-corrected chi connectivity index (χ1v) is 10.1. The van der Waals surface area contributed by atoms with Crippen molar-refractivity contribution >= 4 is 16.7 Å². The summed E-state index contributed by atoms with van der Waals surface area (Å²) in [4.78, 5) is 13.4. The van der Waals surface area contributed by atoms with Crippen molar-refractivity contribution in [2.45, 2.75) is 45.0 Å². The number of fused-ring (bicyclic) bond motifs is 1. The van der Waals surface area contributed by atoms with Crippen LogP contribution in [0.5, 0.6) is 0 Å². The summed E-state index contributed by atoms with van der Waals surface area (Å²) in [6.45, 7) is 5.21. The smallest absolute Gasteiger partial charge is 0.266 e. The average molecular weight is 415 g/mol. The number of benzene rings is 1. The predicted octanol–water partition coefficient (Wildman–Crippen LogP) is 4.61. The molecule has 1 aliphatic rings. The zero-order valence-corrected chi connectivity index (χ0v) is 16.9. The van der Waals surface area contributed by atoms with Gasteiger partial charge in [0.1, 0.15) is 17.5 Å². The number of rotatable bonds is 4. The van der Waals surface area contributed by atoms with E-state index < -0.39 is 23.7 Å². The van der Waals surface area contributed by atoms with Crippen LogP contribution in [0.1, 0.15) is 66.2 Å². The van der Waals surface area contributed by atoms with Gasteiger partial charge in [0.15, 0.2) is 0 Å². The maximum absolute atomic E-state index is 15.0. The topological polar surface area (TPSA) is 76.7 Å². The van der Waals surface area contributed by atoms with Gasteiger partial charge < -0.3 is 11.1 Å². The Balaban J connectivity index is 1.96. The molecule has 3 heterocycles. The number of nitrogen functional groups attached to an aromatic ring is 1. The molecule has 4 rings (SSSR count). The first-order valence-electron chi connectivity index (χ1n) is 10.1. The van der Waals surface area contributed by atoms with Gasteiger partial charge in [-0.05, 0) is 37.4 Å². The third-order valence-electron chi connectivity index (χ3n) is 5.82. The molecule has 0 radical (unpaired) electrons. The van der Waals surface area contributed by atoms with Crippen LogP contribution in [0.4, 0.5) is 19.0 Å². The number of anilines is 1. The van der Waals surface area contributed by atoms with Gasteiger partial charge in [-0.1, -0.05) is 25.1 Å². The summed E-state index contributed by atoms with van der Waals surface area (Å²) in [5.74, 6) is -0.528. The second-order valence-electron chi connectivity index (χ2n) is 7.79. The largest absolute Gasteiger partial charge is 0.383 e. The fourth-order valence-corrected chi connectivity index (χ4v) is 4.39. The summed E-state index contributed by atoms with van der Waals surface area (Å²) in [6, 6.07) is 4.12. The molecule has 1 fully saturated rings. The molecule has 0 unspecified atom stereocenters. The molecule has 2 atom stereocenters.